The summed E-state index contributed by atoms with van der Waals surface area (Å²) in [5.41, 5.74) is 4.89. The summed E-state index contributed by atoms with van der Waals surface area (Å²) in [5.74, 6) is 0. The van der Waals surface area contributed by atoms with E-state index in [1.165, 1.54) is 17.7 Å². The summed E-state index contributed by atoms with van der Waals surface area (Å²) in [6, 6.07) is 16.4. The Hall–Kier alpha value is -2.29. The molecule has 0 saturated carbocycles. The molecule has 90 valence electrons. The van der Waals surface area contributed by atoms with Crippen LogP contribution in [0.4, 0.5) is 5.69 Å². The minimum absolute atomic E-state index is 1.03. The van der Waals surface area contributed by atoms with Crippen LogP contribution in [0, 0.1) is 0 Å². The topological polar surface area (TPSA) is 40.7 Å². The van der Waals surface area contributed by atoms with E-state index in [0.29, 0.717) is 0 Å². The van der Waals surface area contributed by atoms with Gasteiger partial charge in [0.05, 0.1) is 17.4 Å². The molecule has 0 amide bonds. The predicted molar refractivity (Wildman–Crippen MR) is 74.7 cm³/mol. The molecule has 1 aliphatic heterocycles. The fourth-order valence-corrected chi connectivity index (χ4v) is 2.12. The van der Waals surface area contributed by atoms with Gasteiger partial charge in [0.1, 0.15) is 0 Å². The molecule has 0 fully saturated rings. The van der Waals surface area contributed by atoms with Gasteiger partial charge in [0, 0.05) is 12.2 Å². The van der Waals surface area contributed by atoms with Gasteiger partial charge in [-0.2, -0.15) is 0 Å². The number of nitrogens with zero attached hydrogens (tertiary/aromatic N) is 1. The number of nitrogens with one attached hydrogen (secondary N) is 2. The summed E-state index contributed by atoms with van der Waals surface area (Å²) >= 11 is 0. The average Bonchev–Trinajstić information content (AvgIpc) is 3.08. The lowest BCUT2D eigenvalue weighted by atomic mass is 10.2. The number of rotatable bonds is 0. The van der Waals surface area contributed by atoms with Crippen LogP contribution in [-0.2, 0) is 6.42 Å². The lowest BCUT2D eigenvalue weighted by Crippen LogP contribution is -1.90. The maximum atomic E-state index is 4.06. The van der Waals surface area contributed by atoms with Gasteiger partial charge in [0.2, 0.25) is 0 Å². The van der Waals surface area contributed by atoms with Crippen molar-refractivity contribution < 1.29 is 0 Å². The van der Waals surface area contributed by atoms with Crippen LogP contribution >= 0.6 is 0 Å². The Kier molecular flexibility index (Phi) is 2.96. The molecule has 0 radical (unpaired) electrons. The second-order valence-corrected chi connectivity index (χ2v) is 4.25. The highest BCUT2D eigenvalue weighted by atomic mass is 14.9. The number of anilines is 1. The smallest absolute Gasteiger partial charge is 0.0931 e. The average molecular weight is 237 g/mol. The van der Waals surface area contributed by atoms with Gasteiger partial charge in [0.15, 0.2) is 0 Å². The zero-order valence-electron chi connectivity index (χ0n) is 10.1. The molecule has 2 N–H and O–H groups in total. The normalized spacial score (nSPS) is 12.4. The van der Waals surface area contributed by atoms with E-state index in [1.54, 1.807) is 6.33 Å². The minimum atomic E-state index is 1.03. The highest BCUT2D eigenvalue weighted by molar-refractivity contribution is 5.73. The zero-order chi connectivity index (χ0) is 12.2. The van der Waals surface area contributed by atoms with Crippen LogP contribution in [0.1, 0.15) is 5.56 Å². The lowest BCUT2D eigenvalue weighted by Gasteiger charge is -1.94. The molecule has 18 heavy (non-hydrogen) atoms. The Labute approximate surface area is 106 Å². The van der Waals surface area contributed by atoms with E-state index < -0.39 is 0 Å². The molecule has 0 atom stereocenters. The fourth-order valence-electron chi connectivity index (χ4n) is 2.12. The van der Waals surface area contributed by atoms with Crippen molar-refractivity contribution >= 4 is 16.7 Å². The van der Waals surface area contributed by atoms with Crippen molar-refractivity contribution in [2.75, 3.05) is 11.9 Å². The molecule has 3 nitrogen and oxygen atoms in total. The molecule has 2 heterocycles. The third-order valence-corrected chi connectivity index (χ3v) is 3.05. The van der Waals surface area contributed by atoms with E-state index in [-0.39, 0.29) is 0 Å². The van der Waals surface area contributed by atoms with Gasteiger partial charge < -0.3 is 10.3 Å². The van der Waals surface area contributed by atoms with Gasteiger partial charge in [-0.25, -0.2) is 4.98 Å². The number of H-pyrrole nitrogens is 1. The summed E-state index contributed by atoms with van der Waals surface area (Å²) in [4.78, 5) is 7.07. The molecule has 0 saturated heterocycles. The van der Waals surface area contributed by atoms with Crippen LogP contribution in [-0.4, -0.2) is 16.5 Å². The number of para-hydroxylation sites is 3. The Morgan fingerprint density at radius 3 is 2.67 bits per heavy atom. The maximum Gasteiger partial charge on any atom is 0.0931 e. The Balaban J connectivity index is 0.000000111. The SMILES string of the molecule is c1ccc2[nH]cnc2c1.c1ccc2c(c1)CCN2. The summed E-state index contributed by atoms with van der Waals surface area (Å²) in [5, 5.41) is 3.30. The van der Waals surface area contributed by atoms with Crippen molar-refractivity contribution in [1.29, 1.82) is 0 Å². The van der Waals surface area contributed by atoms with Gasteiger partial charge in [-0.05, 0) is 30.2 Å². The number of hydrogen-bond donors (Lipinski definition) is 2. The molecule has 0 aliphatic carbocycles. The number of fused-ring (bicyclic) bond motifs is 2. The molecule has 0 unspecified atom stereocenters. The van der Waals surface area contributed by atoms with Crippen molar-refractivity contribution in [3.8, 4) is 0 Å². The number of aromatic amines is 1. The van der Waals surface area contributed by atoms with Gasteiger partial charge in [-0.1, -0.05) is 30.3 Å². The minimum Gasteiger partial charge on any atom is -0.384 e. The summed E-state index contributed by atoms with van der Waals surface area (Å²) in [6.45, 7) is 1.11. The predicted octanol–water partition coefficient (Wildman–Crippen LogP) is 3.22. The van der Waals surface area contributed by atoms with Crippen LogP contribution in [0.2, 0.25) is 0 Å². The van der Waals surface area contributed by atoms with Crippen molar-refractivity contribution in [3.05, 3.63) is 60.4 Å². The molecule has 1 aromatic heterocycles. The first-order valence-electron chi connectivity index (χ1n) is 6.13. The summed E-state index contributed by atoms with van der Waals surface area (Å²) < 4.78 is 0. The van der Waals surface area contributed by atoms with E-state index in [9.17, 15) is 0 Å². The molecular weight excluding hydrogens is 222 g/mol. The summed E-state index contributed by atoms with van der Waals surface area (Å²) in [7, 11) is 0. The highest BCUT2D eigenvalue weighted by Gasteiger charge is 2.05. The first-order chi connectivity index (χ1) is 8.93. The second kappa shape index (κ2) is 4.92. The van der Waals surface area contributed by atoms with Crippen molar-refractivity contribution in [2.45, 2.75) is 6.42 Å². The third kappa shape index (κ3) is 2.20. The molecule has 0 spiro atoms. The van der Waals surface area contributed by atoms with Gasteiger partial charge in [0.25, 0.3) is 0 Å². The molecule has 2 aromatic carbocycles. The summed E-state index contributed by atoms with van der Waals surface area (Å²) in [6.07, 6.45) is 2.89. The number of benzene rings is 2. The largest absolute Gasteiger partial charge is 0.384 e. The number of hydrogen-bond acceptors (Lipinski definition) is 2. The van der Waals surface area contributed by atoms with E-state index in [0.717, 1.165) is 17.6 Å². The molecule has 4 rings (SSSR count). The fraction of sp³-hybridized carbons (Fsp3) is 0.133. The van der Waals surface area contributed by atoms with E-state index in [2.05, 4.69) is 39.6 Å². The van der Waals surface area contributed by atoms with Crippen LogP contribution < -0.4 is 5.32 Å². The molecule has 0 bridgehead atoms. The van der Waals surface area contributed by atoms with Crippen LogP contribution in [0.15, 0.2) is 54.9 Å². The van der Waals surface area contributed by atoms with E-state index >= 15 is 0 Å². The molecule has 3 heteroatoms. The first kappa shape index (κ1) is 10.8. The Morgan fingerprint density at radius 2 is 1.78 bits per heavy atom. The van der Waals surface area contributed by atoms with E-state index in [4.69, 9.17) is 0 Å². The van der Waals surface area contributed by atoms with Gasteiger partial charge in [-0.3, -0.25) is 0 Å². The van der Waals surface area contributed by atoms with Crippen molar-refractivity contribution in [2.24, 2.45) is 0 Å². The number of imidazole rings is 1. The Morgan fingerprint density at radius 1 is 0.944 bits per heavy atom. The standard InChI is InChI=1S/C8H9N.C7H6N2/c1-2-4-8-7(3-1)5-6-9-8;1-2-4-7-6(3-1)8-5-9-7/h1-4,9H,5-6H2;1-5H,(H,8,9). The second-order valence-electron chi connectivity index (χ2n) is 4.25. The first-order valence-corrected chi connectivity index (χ1v) is 6.13. The van der Waals surface area contributed by atoms with Crippen molar-refractivity contribution in [3.63, 3.8) is 0 Å². The Bertz CT molecular complexity index is 590. The van der Waals surface area contributed by atoms with Crippen LogP contribution in [0.5, 0.6) is 0 Å². The monoisotopic (exact) mass is 237 g/mol. The quantitative estimate of drug-likeness (QED) is 0.630. The molecular formula is C15H15N3. The molecule has 1 aliphatic rings. The lowest BCUT2D eigenvalue weighted by molar-refractivity contribution is 1.11. The zero-order valence-corrected chi connectivity index (χ0v) is 10.1. The van der Waals surface area contributed by atoms with E-state index in [1.807, 2.05) is 24.3 Å². The highest BCUT2D eigenvalue weighted by Crippen LogP contribution is 2.19. The van der Waals surface area contributed by atoms with Gasteiger partial charge >= 0.3 is 0 Å². The van der Waals surface area contributed by atoms with Gasteiger partial charge in [-0.15, -0.1) is 0 Å². The maximum absolute atomic E-state index is 4.06. The molecule has 3 aromatic rings. The third-order valence-electron chi connectivity index (χ3n) is 3.05. The number of aromatic nitrogens is 2. The van der Waals surface area contributed by atoms with Crippen LogP contribution in [0.25, 0.3) is 11.0 Å². The van der Waals surface area contributed by atoms with Crippen LogP contribution in [0.3, 0.4) is 0 Å². The van der Waals surface area contributed by atoms with Crippen molar-refractivity contribution in [1.82, 2.24) is 9.97 Å².